The number of amides is 3. The number of urea groups is 1. The zero-order chi connectivity index (χ0) is 20.5. The third-order valence-electron chi connectivity index (χ3n) is 4.72. The smallest absolute Gasteiger partial charge is 0.325 e. The van der Waals surface area contributed by atoms with Crippen molar-refractivity contribution in [3.8, 4) is 11.5 Å². The van der Waals surface area contributed by atoms with Crippen LogP contribution in [-0.2, 0) is 10.3 Å². The molecular weight excluding hydrogens is 367 g/mol. The summed E-state index contributed by atoms with van der Waals surface area (Å²) in [5.74, 6) is -1.22. The number of Topliss-reactive ketones (excluding diaryl/α,β-unsaturated/α-hetero) is 1. The minimum atomic E-state index is -1.31. The molecule has 1 fully saturated rings. The number of rotatable bonds is 6. The Balaban J connectivity index is 1.81. The van der Waals surface area contributed by atoms with Gasteiger partial charge in [0.25, 0.3) is 5.91 Å². The van der Waals surface area contributed by atoms with Gasteiger partial charge in [-0.05, 0) is 42.8 Å². The van der Waals surface area contributed by atoms with Crippen LogP contribution in [0.1, 0.15) is 22.8 Å². The monoisotopic (exact) mass is 386 g/mol. The number of carbonyl (C=O) groups is 3. The molecule has 1 N–H and O–H groups in total. The molecule has 0 aliphatic carbocycles. The molecule has 146 valence electrons. The number of halogens is 1. The van der Waals surface area contributed by atoms with Crippen LogP contribution in [0.4, 0.5) is 9.18 Å². The maximum absolute atomic E-state index is 13.8. The zero-order valence-electron chi connectivity index (χ0n) is 15.6. The molecule has 7 nitrogen and oxygen atoms in total. The summed E-state index contributed by atoms with van der Waals surface area (Å²) in [5.41, 5.74) is -0.719. The van der Waals surface area contributed by atoms with E-state index in [1.54, 1.807) is 31.2 Å². The van der Waals surface area contributed by atoms with E-state index in [1.807, 2.05) is 0 Å². The Hall–Kier alpha value is -3.42. The predicted molar refractivity (Wildman–Crippen MR) is 97.9 cm³/mol. The number of methoxy groups -OCH3 is 2. The summed E-state index contributed by atoms with van der Waals surface area (Å²) in [6.45, 7) is 1.06. The zero-order valence-corrected chi connectivity index (χ0v) is 15.6. The van der Waals surface area contributed by atoms with Gasteiger partial charge >= 0.3 is 6.03 Å². The summed E-state index contributed by atoms with van der Waals surface area (Å²) < 4.78 is 23.7. The molecule has 0 saturated carbocycles. The molecule has 2 aromatic rings. The molecule has 1 heterocycles. The van der Waals surface area contributed by atoms with Gasteiger partial charge in [0.1, 0.15) is 11.3 Å². The first-order valence-electron chi connectivity index (χ1n) is 8.45. The Kier molecular flexibility index (Phi) is 5.04. The second-order valence-electron chi connectivity index (χ2n) is 6.45. The van der Waals surface area contributed by atoms with E-state index in [0.717, 1.165) is 11.0 Å². The van der Waals surface area contributed by atoms with Gasteiger partial charge in [0.05, 0.1) is 20.8 Å². The molecule has 0 spiro atoms. The fourth-order valence-electron chi connectivity index (χ4n) is 3.04. The third-order valence-corrected chi connectivity index (χ3v) is 4.72. The topological polar surface area (TPSA) is 84.9 Å². The first-order chi connectivity index (χ1) is 13.3. The molecule has 0 radical (unpaired) electrons. The summed E-state index contributed by atoms with van der Waals surface area (Å²) in [6.07, 6.45) is 0. The van der Waals surface area contributed by atoms with Crippen LogP contribution in [0.5, 0.6) is 11.5 Å². The quantitative estimate of drug-likeness (QED) is 0.609. The molecule has 3 amide bonds. The molecular formula is C20H19FN2O5. The standard InChI is InChI=1S/C20H19FN2O5/c1-20(13-5-7-14(27-2)8-6-13)18(25)23(19(26)22-20)11-16(24)12-4-9-17(28-3)15(21)10-12/h4-10H,11H2,1-3H3,(H,22,26)/t20-/m0/s1. The van der Waals surface area contributed by atoms with E-state index >= 15 is 0 Å². The number of ether oxygens (including phenoxy) is 2. The number of hydrogen-bond donors (Lipinski definition) is 1. The fourth-order valence-corrected chi connectivity index (χ4v) is 3.04. The Morgan fingerprint density at radius 2 is 1.79 bits per heavy atom. The van der Waals surface area contributed by atoms with Crippen LogP contribution in [-0.4, -0.2) is 43.4 Å². The van der Waals surface area contributed by atoms with Crippen LogP contribution in [0.3, 0.4) is 0 Å². The van der Waals surface area contributed by atoms with Gasteiger partial charge in [-0.3, -0.25) is 14.5 Å². The van der Waals surface area contributed by atoms with E-state index in [0.29, 0.717) is 11.3 Å². The van der Waals surface area contributed by atoms with Crippen molar-refractivity contribution in [2.75, 3.05) is 20.8 Å². The number of ketones is 1. The second-order valence-corrected chi connectivity index (χ2v) is 6.45. The van der Waals surface area contributed by atoms with Gasteiger partial charge in [-0.25, -0.2) is 9.18 Å². The van der Waals surface area contributed by atoms with Crippen molar-refractivity contribution in [3.63, 3.8) is 0 Å². The van der Waals surface area contributed by atoms with Crippen LogP contribution < -0.4 is 14.8 Å². The van der Waals surface area contributed by atoms with Crippen molar-refractivity contribution < 1.29 is 28.2 Å². The Bertz CT molecular complexity index is 944. The SMILES string of the molecule is COc1ccc([C@]2(C)NC(=O)N(CC(=O)c3ccc(OC)c(F)c3)C2=O)cc1. The normalized spacial score (nSPS) is 18.8. The van der Waals surface area contributed by atoms with Gasteiger partial charge in [-0.2, -0.15) is 0 Å². The lowest BCUT2D eigenvalue weighted by Crippen LogP contribution is -2.41. The summed E-state index contributed by atoms with van der Waals surface area (Å²) in [4.78, 5) is 38.6. The molecule has 1 aliphatic rings. The van der Waals surface area contributed by atoms with E-state index in [-0.39, 0.29) is 11.3 Å². The van der Waals surface area contributed by atoms with Gasteiger partial charge < -0.3 is 14.8 Å². The molecule has 1 saturated heterocycles. The maximum atomic E-state index is 13.8. The number of nitrogens with zero attached hydrogens (tertiary/aromatic N) is 1. The van der Waals surface area contributed by atoms with Crippen molar-refractivity contribution in [2.24, 2.45) is 0 Å². The van der Waals surface area contributed by atoms with E-state index in [1.165, 1.54) is 26.4 Å². The number of carbonyl (C=O) groups excluding carboxylic acids is 3. The molecule has 1 atom stereocenters. The van der Waals surface area contributed by atoms with Gasteiger partial charge in [0, 0.05) is 5.56 Å². The van der Waals surface area contributed by atoms with E-state index < -0.39 is 35.6 Å². The van der Waals surface area contributed by atoms with Gasteiger partial charge in [-0.15, -0.1) is 0 Å². The lowest BCUT2D eigenvalue weighted by molar-refractivity contribution is -0.130. The van der Waals surface area contributed by atoms with Gasteiger partial charge in [-0.1, -0.05) is 12.1 Å². The van der Waals surface area contributed by atoms with E-state index in [9.17, 15) is 18.8 Å². The van der Waals surface area contributed by atoms with Gasteiger partial charge in [0.15, 0.2) is 17.3 Å². The Morgan fingerprint density at radius 1 is 1.11 bits per heavy atom. The van der Waals surface area contributed by atoms with Gasteiger partial charge in [0.2, 0.25) is 0 Å². The highest BCUT2D eigenvalue weighted by Crippen LogP contribution is 2.30. The van der Waals surface area contributed by atoms with Crippen molar-refractivity contribution in [1.29, 1.82) is 0 Å². The van der Waals surface area contributed by atoms with Crippen molar-refractivity contribution in [1.82, 2.24) is 10.2 Å². The third kappa shape index (κ3) is 3.28. The van der Waals surface area contributed by atoms with Crippen LogP contribution in [0, 0.1) is 5.82 Å². The van der Waals surface area contributed by atoms with E-state index in [2.05, 4.69) is 5.32 Å². The van der Waals surface area contributed by atoms with Crippen molar-refractivity contribution in [2.45, 2.75) is 12.5 Å². The fraction of sp³-hybridized carbons (Fsp3) is 0.250. The highest BCUT2D eigenvalue weighted by Gasteiger charge is 2.49. The lowest BCUT2D eigenvalue weighted by Gasteiger charge is -2.22. The summed E-state index contributed by atoms with van der Waals surface area (Å²) in [6, 6.07) is 9.71. The number of imide groups is 1. The van der Waals surface area contributed by atoms with Crippen molar-refractivity contribution >= 4 is 17.7 Å². The molecule has 2 aromatic carbocycles. The predicted octanol–water partition coefficient (Wildman–Crippen LogP) is 2.49. The number of nitrogens with one attached hydrogen (secondary N) is 1. The van der Waals surface area contributed by atoms with E-state index in [4.69, 9.17) is 9.47 Å². The van der Waals surface area contributed by atoms with Crippen LogP contribution in [0.2, 0.25) is 0 Å². The molecule has 0 aromatic heterocycles. The largest absolute Gasteiger partial charge is 0.497 e. The molecule has 0 unspecified atom stereocenters. The maximum Gasteiger partial charge on any atom is 0.325 e. The summed E-state index contributed by atoms with van der Waals surface area (Å²) in [7, 11) is 2.84. The average Bonchev–Trinajstić information content (AvgIpc) is 2.91. The summed E-state index contributed by atoms with van der Waals surface area (Å²) >= 11 is 0. The van der Waals surface area contributed by atoms with Crippen LogP contribution >= 0.6 is 0 Å². The molecule has 8 heteroatoms. The lowest BCUT2D eigenvalue weighted by atomic mass is 9.92. The summed E-state index contributed by atoms with van der Waals surface area (Å²) in [5, 5.41) is 2.62. The highest BCUT2D eigenvalue weighted by atomic mass is 19.1. The van der Waals surface area contributed by atoms with Crippen molar-refractivity contribution in [3.05, 3.63) is 59.4 Å². The number of benzene rings is 2. The number of hydrogen-bond acceptors (Lipinski definition) is 5. The minimum absolute atomic E-state index is 0.00128. The minimum Gasteiger partial charge on any atom is -0.497 e. The van der Waals surface area contributed by atoms with Crippen LogP contribution in [0.15, 0.2) is 42.5 Å². The average molecular weight is 386 g/mol. The second kappa shape index (κ2) is 7.30. The Labute approximate surface area is 161 Å². The highest BCUT2D eigenvalue weighted by molar-refractivity contribution is 6.11. The molecule has 1 aliphatic heterocycles. The van der Waals surface area contributed by atoms with Crippen LogP contribution in [0.25, 0.3) is 0 Å². The first kappa shape index (κ1) is 19.3. The molecule has 0 bridgehead atoms. The Morgan fingerprint density at radius 3 is 2.36 bits per heavy atom. The first-order valence-corrected chi connectivity index (χ1v) is 8.45. The molecule has 28 heavy (non-hydrogen) atoms. The molecule has 3 rings (SSSR count).